The first-order valence-electron chi connectivity index (χ1n) is 12.6. The van der Waals surface area contributed by atoms with E-state index in [0.717, 1.165) is 15.6 Å². The second kappa shape index (κ2) is 9.51. The van der Waals surface area contributed by atoms with Crippen molar-refractivity contribution in [2.45, 2.75) is 26.1 Å². The predicted molar refractivity (Wildman–Crippen MR) is 143 cm³/mol. The van der Waals surface area contributed by atoms with Crippen LogP contribution >= 0.6 is 0 Å². The second-order valence-corrected chi connectivity index (χ2v) is 9.87. The lowest BCUT2D eigenvalue weighted by Gasteiger charge is -2.31. The summed E-state index contributed by atoms with van der Waals surface area (Å²) >= 11 is 0. The summed E-state index contributed by atoms with van der Waals surface area (Å²) in [6.07, 6.45) is 3.82. The van der Waals surface area contributed by atoms with Crippen LogP contribution in [0, 0.1) is 6.92 Å². The van der Waals surface area contributed by atoms with Crippen molar-refractivity contribution >= 4 is 22.5 Å². The fourth-order valence-corrected chi connectivity index (χ4v) is 5.39. The van der Waals surface area contributed by atoms with Crippen molar-refractivity contribution in [1.82, 2.24) is 24.3 Å². The zero-order valence-electron chi connectivity index (χ0n) is 22.0. The van der Waals surface area contributed by atoms with E-state index in [2.05, 4.69) is 15.1 Å². The van der Waals surface area contributed by atoms with E-state index in [4.69, 9.17) is 4.74 Å². The topological polar surface area (TPSA) is 78.1 Å². The highest BCUT2D eigenvalue weighted by Gasteiger charge is 2.39. The van der Waals surface area contributed by atoms with E-state index in [9.17, 15) is 18.0 Å². The van der Waals surface area contributed by atoms with Gasteiger partial charge in [-0.15, -0.1) is 0 Å². The summed E-state index contributed by atoms with van der Waals surface area (Å²) < 4.78 is 50.5. The molecule has 11 heteroatoms. The minimum Gasteiger partial charge on any atom is -0.494 e. The molecule has 0 fully saturated rings. The first-order valence-corrected chi connectivity index (χ1v) is 12.6. The number of anilines is 1. The number of rotatable bonds is 5. The minimum absolute atomic E-state index is 0.0466. The van der Waals surface area contributed by atoms with Crippen LogP contribution in [0.3, 0.4) is 0 Å². The summed E-state index contributed by atoms with van der Waals surface area (Å²) in [6.45, 7) is 2.55. The third kappa shape index (κ3) is 4.37. The number of methoxy groups -OCH3 is 1. The molecule has 6 rings (SSSR count). The lowest BCUT2D eigenvalue weighted by atomic mass is 9.87. The van der Waals surface area contributed by atoms with Crippen molar-refractivity contribution in [3.63, 3.8) is 0 Å². The molecule has 1 aliphatic rings. The van der Waals surface area contributed by atoms with Crippen LogP contribution in [0.25, 0.3) is 22.0 Å². The molecule has 4 heterocycles. The van der Waals surface area contributed by atoms with Gasteiger partial charge >= 0.3 is 6.18 Å². The number of pyridine rings is 1. The van der Waals surface area contributed by atoms with E-state index < -0.39 is 11.9 Å². The van der Waals surface area contributed by atoms with Crippen LogP contribution in [0.2, 0.25) is 0 Å². The predicted octanol–water partition coefficient (Wildman–Crippen LogP) is 5.42. The Kier molecular flexibility index (Phi) is 6.09. The molecule has 1 aliphatic heterocycles. The standard InChI is InChI=1S/C29H25F3N6O2/c1-17-10-22-24(4-5-25(40-3)26(22)34-13-17)38-8-6-19-20(23-15-36(2)35-27(23)29(30,31)32)11-18(12-21(19)28(38)39)14-37-9-7-33-16-37/h4-5,7,9-13,15-16H,6,8,14H2,1-3H3. The number of alkyl halides is 3. The number of fused-ring (bicyclic) bond motifs is 2. The third-order valence-electron chi connectivity index (χ3n) is 7.12. The van der Waals surface area contributed by atoms with Gasteiger partial charge in [0.15, 0.2) is 5.69 Å². The smallest absolute Gasteiger partial charge is 0.435 e. The van der Waals surface area contributed by atoms with E-state index in [1.165, 1.54) is 13.2 Å². The van der Waals surface area contributed by atoms with E-state index >= 15 is 0 Å². The van der Waals surface area contributed by atoms with E-state index in [1.54, 1.807) is 59.7 Å². The molecule has 0 radical (unpaired) electrons. The quantitative estimate of drug-likeness (QED) is 0.294. The van der Waals surface area contributed by atoms with Crippen LogP contribution in [0.5, 0.6) is 5.75 Å². The Labute approximate surface area is 227 Å². The first-order chi connectivity index (χ1) is 19.1. The van der Waals surface area contributed by atoms with Gasteiger partial charge in [-0.25, -0.2) is 4.98 Å². The van der Waals surface area contributed by atoms with E-state index in [0.29, 0.717) is 52.2 Å². The molecule has 0 N–H and O–H groups in total. The molecule has 0 aliphatic carbocycles. The minimum atomic E-state index is -4.65. The Hall–Kier alpha value is -4.67. The van der Waals surface area contributed by atoms with E-state index in [-0.39, 0.29) is 18.0 Å². The fraction of sp³-hybridized carbons (Fsp3) is 0.241. The maximum Gasteiger partial charge on any atom is 0.435 e. The molecule has 0 bridgehead atoms. The molecule has 8 nitrogen and oxygen atoms in total. The Bertz CT molecular complexity index is 1760. The lowest BCUT2D eigenvalue weighted by molar-refractivity contribution is -0.140. The fourth-order valence-electron chi connectivity index (χ4n) is 5.39. The van der Waals surface area contributed by atoms with Gasteiger partial charge in [0.2, 0.25) is 0 Å². The molecule has 0 atom stereocenters. The highest BCUT2D eigenvalue weighted by atomic mass is 19.4. The molecule has 0 saturated heterocycles. The van der Waals surface area contributed by atoms with E-state index in [1.807, 2.05) is 19.1 Å². The molecule has 40 heavy (non-hydrogen) atoms. The maximum absolute atomic E-state index is 14.1. The highest BCUT2D eigenvalue weighted by Crippen LogP contribution is 2.41. The van der Waals surface area contributed by atoms with Crippen LogP contribution in [0.15, 0.2) is 61.4 Å². The summed E-state index contributed by atoms with van der Waals surface area (Å²) in [6, 6.07) is 9.05. The first kappa shape index (κ1) is 25.6. The van der Waals surface area contributed by atoms with Crippen LogP contribution in [0.4, 0.5) is 18.9 Å². The van der Waals surface area contributed by atoms with Gasteiger partial charge in [-0.05, 0) is 65.9 Å². The Morgan fingerprint density at radius 1 is 1.10 bits per heavy atom. The molecule has 3 aromatic heterocycles. The molecule has 2 aromatic carbocycles. The SMILES string of the molecule is COc1ccc(N2CCc3c(cc(Cn4ccnc4)cc3-c3cn(C)nc3C(F)(F)F)C2=O)c2cc(C)cnc12. The maximum atomic E-state index is 14.1. The average molecular weight is 547 g/mol. The number of carbonyl (C=O) groups excluding carboxylic acids is 1. The van der Waals surface area contributed by atoms with Crippen molar-refractivity contribution in [2.24, 2.45) is 7.05 Å². The number of nitrogens with zero attached hydrogens (tertiary/aromatic N) is 6. The van der Waals surface area contributed by atoms with Gasteiger partial charge < -0.3 is 14.2 Å². The summed E-state index contributed by atoms with van der Waals surface area (Å²) in [5.74, 6) is 0.296. The van der Waals surface area contributed by atoms with Crippen LogP contribution < -0.4 is 9.64 Å². The number of benzene rings is 2. The molecule has 204 valence electrons. The zero-order valence-corrected chi connectivity index (χ0v) is 22.0. The van der Waals surface area contributed by atoms with Gasteiger partial charge in [-0.2, -0.15) is 18.3 Å². The molecule has 0 spiro atoms. The van der Waals surface area contributed by atoms with Gasteiger partial charge in [-0.3, -0.25) is 14.5 Å². The van der Waals surface area contributed by atoms with Gasteiger partial charge in [-0.1, -0.05) is 0 Å². The average Bonchev–Trinajstić information content (AvgIpc) is 3.58. The van der Waals surface area contributed by atoms with Gasteiger partial charge in [0, 0.05) is 61.4 Å². The number of aryl methyl sites for hydroxylation is 2. The lowest BCUT2D eigenvalue weighted by Crippen LogP contribution is -2.38. The summed E-state index contributed by atoms with van der Waals surface area (Å²) in [4.78, 5) is 24.4. The summed E-state index contributed by atoms with van der Waals surface area (Å²) in [5, 5.41) is 4.48. The molecule has 0 saturated carbocycles. The monoisotopic (exact) mass is 546 g/mol. The molecule has 0 unspecified atom stereocenters. The van der Waals surface area contributed by atoms with Gasteiger partial charge in [0.05, 0.1) is 19.1 Å². The number of hydrogen-bond acceptors (Lipinski definition) is 5. The van der Waals surface area contributed by atoms with Gasteiger partial charge in [0.1, 0.15) is 11.3 Å². The van der Waals surface area contributed by atoms with Crippen molar-refractivity contribution in [2.75, 3.05) is 18.6 Å². The van der Waals surface area contributed by atoms with Crippen molar-refractivity contribution in [1.29, 1.82) is 0 Å². The summed E-state index contributed by atoms with van der Waals surface area (Å²) in [7, 11) is 3.02. The number of carbonyl (C=O) groups is 1. The number of hydrogen-bond donors (Lipinski definition) is 0. The Balaban J connectivity index is 1.53. The third-order valence-corrected chi connectivity index (χ3v) is 7.12. The zero-order chi connectivity index (χ0) is 28.2. The normalized spacial score (nSPS) is 13.7. The van der Waals surface area contributed by atoms with Crippen molar-refractivity contribution < 1.29 is 22.7 Å². The Morgan fingerprint density at radius 3 is 2.62 bits per heavy atom. The number of halogens is 3. The molecule has 1 amide bonds. The largest absolute Gasteiger partial charge is 0.494 e. The van der Waals surface area contributed by atoms with Crippen molar-refractivity contribution in [3.8, 4) is 16.9 Å². The summed E-state index contributed by atoms with van der Waals surface area (Å²) in [5.41, 5.74) is 3.17. The Morgan fingerprint density at radius 2 is 1.90 bits per heavy atom. The molecular formula is C29H25F3N6O2. The number of amides is 1. The number of aromatic nitrogens is 5. The number of imidazole rings is 1. The molecular weight excluding hydrogens is 521 g/mol. The van der Waals surface area contributed by atoms with Crippen LogP contribution in [-0.4, -0.2) is 43.9 Å². The van der Waals surface area contributed by atoms with Crippen LogP contribution in [-0.2, 0) is 26.2 Å². The van der Waals surface area contributed by atoms with Crippen LogP contribution in [0.1, 0.15) is 32.7 Å². The van der Waals surface area contributed by atoms with Gasteiger partial charge in [0.25, 0.3) is 5.91 Å². The van der Waals surface area contributed by atoms with Crippen molar-refractivity contribution in [3.05, 3.63) is 89.4 Å². The molecule has 5 aromatic rings. The number of ether oxygens (including phenoxy) is 1. The second-order valence-electron chi connectivity index (χ2n) is 9.87. The highest BCUT2D eigenvalue weighted by molar-refractivity contribution is 6.13.